The molecule has 0 spiro atoms. The number of pyridine rings is 1. The van der Waals surface area contributed by atoms with Crippen molar-refractivity contribution in [1.82, 2.24) is 15.2 Å². The quantitative estimate of drug-likeness (QED) is 0.881. The second-order valence-electron chi connectivity index (χ2n) is 4.84. The molecule has 0 aromatic carbocycles. The number of likely N-dealkylation sites (tertiary alicyclic amines) is 1. The molecule has 1 aromatic heterocycles. The Hall–Kier alpha value is -1.91. The van der Waals surface area contributed by atoms with Crippen molar-refractivity contribution < 1.29 is 9.59 Å². The lowest BCUT2D eigenvalue weighted by Gasteiger charge is -2.31. The predicted octanol–water partition coefficient (Wildman–Crippen LogP) is 0.956. The molecule has 1 aliphatic heterocycles. The van der Waals surface area contributed by atoms with Crippen molar-refractivity contribution in [3.05, 3.63) is 30.1 Å². The average molecular weight is 261 g/mol. The molecule has 1 unspecified atom stereocenters. The number of carbonyl (C=O) groups is 2. The highest BCUT2D eigenvalue weighted by Crippen LogP contribution is 2.16. The Labute approximate surface area is 113 Å². The highest BCUT2D eigenvalue weighted by molar-refractivity contribution is 5.80. The maximum atomic E-state index is 12.1. The first-order valence-electron chi connectivity index (χ1n) is 6.60. The van der Waals surface area contributed by atoms with Crippen LogP contribution in [0.4, 0.5) is 0 Å². The summed E-state index contributed by atoms with van der Waals surface area (Å²) < 4.78 is 0. The summed E-state index contributed by atoms with van der Waals surface area (Å²) in [6.45, 7) is 3.28. The van der Waals surface area contributed by atoms with E-state index in [0.717, 1.165) is 25.1 Å². The maximum absolute atomic E-state index is 12.1. The fourth-order valence-corrected chi connectivity index (χ4v) is 2.30. The van der Waals surface area contributed by atoms with Gasteiger partial charge in [0.25, 0.3) is 0 Å². The Morgan fingerprint density at radius 1 is 1.47 bits per heavy atom. The molecule has 0 bridgehead atoms. The van der Waals surface area contributed by atoms with Gasteiger partial charge in [-0.25, -0.2) is 0 Å². The van der Waals surface area contributed by atoms with Crippen LogP contribution < -0.4 is 5.32 Å². The molecule has 19 heavy (non-hydrogen) atoms. The zero-order valence-electron chi connectivity index (χ0n) is 11.1. The number of nitrogens with zero attached hydrogens (tertiary/aromatic N) is 2. The van der Waals surface area contributed by atoms with Gasteiger partial charge in [0.05, 0.1) is 18.2 Å². The molecule has 1 aromatic rings. The Morgan fingerprint density at radius 2 is 2.32 bits per heavy atom. The van der Waals surface area contributed by atoms with E-state index in [-0.39, 0.29) is 17.7 Å². The van der Waals surface area contributed by atoms with Gasteiger partial charge in [0, 0.05) is 26.2 Å². The summed E-state index contributed by atoms with van der Waals surface area (Å²) in [5.41, 5.74) is 0.843. The van der Waals surface area contributed by atoms with E-state index in [2.05, 4.69) is 10.3 Å². The second kappa shape index (κ2) is 6.31. The first-order valence-corrected chi connectivity index (χ1v) is 6.60. The zero-order valence-corrected chi connectivity index (χ0v) is 11.1. The van der Waals surface area contributed by atoms with E-state index in [1.807, 2.05) is 18.2 Å². The molecule has 2 heterocycles. The van der Waals surface area contributed by atoms with E-state index < -0.39 is 0 Å². The van der Waals surface area contributed by atoms with Gasteiger partial charge in [-0.1, -0.05) is 6.07 Å². The number of hydrogen-bond donors (Lipinski definition) is 1. The monoisotopic (exact) mass is 261 g/mol. The molecule has 5 heteroatoms. The van der Waals surface area contributed by atoms with E-state index in [0.29, 0.717) is 13.1 Å². The number of amides is 2. The summed E-state index contributed by atoms with van der Waals surface area (Å²) in [6.07, 6.45) is 3.44. The largest absolute Gasteiger partial charge is 0.350 e. The molecule has 5 nitrogen and oxygen atoms in total. The average Bonchev–Trinajstić information content (AvgIpc) is 2.46. The third-order valence-electron chi connectivity index (χ3n) is 3.41. The van der Waals surface area contributed by atoms with Crippen molar-refractivity contribution in [2.24, 2.45) is 5.92 Å². The van der Waals surface area contributed by atoms with Crippen molar-refractivity contribution in [2.75, 3.05) is 13.1 Å². The lowest BCUT2D eigenvalue weighted by molar-refractivity contribution is -0.134. The maximum Gasteiger partial charge on any atom is 0.225 e. The summed E-state index contributed by atoms with van der Waals surface area (Å²) in [7, 11) is 0. The van der Waals surface area contributed by atoms with Gasteiger partial charge in [0.2, 0.25) is 11.8 Å². The van der Waals surface area contributed by atoms with Gasteiger partial charge in [-0.2, -0.15) is 0 Å². The van der Waals surface area contributed by atoms with Crippen molar-refractivity contribution >= 4 is 11.8 Å². The molecule has 2 amide bonds. The molecule has 102 valence electrons. The van der Waals surface area contributed by atoms with Crippen molar-refractivity contribution in [1.29, 1.82) is 0 Å². The number of piperidine rings is 1. The molecule has 1 aliphatic rings. The van der Waals surface area contributed by atoms with Crippen LogP contribution in [0.2, 0.25) is 0 Å². The van der Waals surface area contributed by atoms with E-state index in [1.54, 1.807) is 18.0 Å². The van der Waals surface area contributed by atoms with Gasteiger partial charge in [-0.05, 0) is 25.0 Å². The fraction of sp³-hybridized carbons (Fsp3) is 0.500. The summed E-state index contributed by atoms with van der Waals surface area (Å²) in [5, 5.41) is 2.89. The third-order valence-corrected chi connectivity index (χ3v) is 3.41. The molecule has 1 N–H and O–H groups in total. The summed E-state index contributed by atoms with van der Waals surface area (Å²) in [6, 6.07) is 5.62. The minimum atomic E-state index is -0.0960. The Kier molecular flexibility index (Phi) is 4.49. The zero-order chi connectivity index (χ0) is 13.7. The standard InChI is InChI=1S/C14H19N3O2/c1-11(18)17-8-4-5-12(10-17)14(19)16-9-13-6-2-3-7-15-13/h2-3,6-7,12H,4-5,8-10H2,1H3,(H,16,19). The van der Waals surface area contributed by atoms with Gasteiger partial charge < -0.3 is 10.2 Å². The Balaban J connectivity index is 1.84. The lowest BCUT2D eigenvalue weighted by atomic mass is 9.97. The summed E-state index contributed by atoms with van der Waals surface area (Å²) in [4.78, 5) is 29.3. The number of hydrogen-bond acceptors (Lipinski definition) is 3. The third kappa shape index (κ3) is 3.77. The fourth-order valence-electron chi connectivity index (χ4n) is 2.30. The minimum Gasteiger partial charge on any atom is -0.350 e. The number of rotatable bonds is 3. The van der Waals surface area contributed by atoms with Crippen LogP contribution in [0, 0.1) is 5.92 Å². The Bertz CT molecular complexity index is 447. The first-order chi connectivity index (χ1) is 9.16. The van der Waals surface area contributed by atoms with Gasteiger partial charge in [-0.15, -0.1) is 0 Å². The Morgan fingerprint density at radius 3 is 3.00 bits per heavy atom. The van der Waals surface area contributed by atoms with Crippen LogP contribution in [0.3, 0.4) is 0 Å². The molecule has 0 radical (unpaired) electrons. The molecule has 2 rings (SSSR count). The van der Waals surface area contributed by atoms with Crippen LogP contribution in [-0.2, 0) is 16.1 Å². The van der Waals surface area contributed by atoms with E-state index >= 15 is 0 Å². The predicted molar refractivity (Wildman–Crippen MR) is 71.1 cm³/mol. The number of carbonyl (C=O) groups excluding carboxylic acids is 2. The van der Waals surface area contributed by atoms with Gasteiger partial charge in [-0.3, -0.25) is 14.6 Å². The van der Waals surface area contributed by atoms with Crippen LogP contribution in [0.1, 0.15) is 25.5 Å². The molecule has 1 saturated heterocycles. The molecular weight excluding hydrogens is 242 g/mol. The second-order valence-corrected chi connectivity index (χ2v) is 4.84. The number of nitrogens with one attached hydrogen (secondary N) is 1. The highest BCUT2D eigenvalue weighted by atomic mass is 16.2. The minimum absolute atomic E-state index is 0.0107. The van der Waals surface area contributed by atoms with Gasteiger partial charge in [0.1, 0.15) is 0 Å². The normalized spacial score (nSPS) is 19.0. The molecule has 0 aliphatic carbocycles. The summed E-state index contributed by atoms with van der Waals surface area (Å²) in [5.74, 6) is -0.0415. The lowest BCUT2D eigenvalue weighted by Crippen LogP contribution is -2.44. The molecular formula is C14H19N3O2. The number of aromatic nitrogens is 1. The smallest absolute Gasteiger partial charge is 0.225 e. The van der Waals surface area contributed by atoms with Crippen molar-refractivity contribution in [2.45, 2.75) is 26.3 Å². The van der Waals surface area contributed by atoms with Crippen LogP contribution in [0.5, 0.6) is 0 Å². The van der Waals surface area contributed by atoms with Gasteiger partial charge >= 0.3 is 0 Å². The molecule has 0 saturated carbocycles. The van der Waals surface area contributed by atoms with Crippen LogP contribution in [0.25, 0.3) is 0 Å². The topological polar surface area (TPSA) is 62.3 Å². The van der Waals surface area contributed by atoms with E-state index in [4.69, 9.17) is 0 Å². The van der Waals surface area contributed by atoms with Crippen molar-refractivity contribution in [3.63, 3.8) is 0 Å². The van der Waals surface area contributed by atoms with E-state index in [9.17, 15) is 9.59 Å². The highest BCUT2D eigenvalue weighted by Gasteiger charge is 2.26. The van der Waals surface area contributed by atoms with Crippen LogP contribution in [0.15, 0.2) is 24.4 Å². The SMILES string of the molecule is CC(=O)N1CCCC(C(=O)NCc2ccccn2)C1. The van der Waals surface area contributed by atoms with Crippen molar-refractivity contribution in [3.8, 4) is 0 Å². The first kappa shape index (κ1) is 13.5. The molecule has 1 atom stereocenters. The van der Waals surface area contributed by atoms with E-state index in [1.165, 1.54) is 0 Å². The van der Waals surface area contributed by atoms with Crippen LogP contribution in [-0.4, -0.2) is 34.8 Å². The molecule has 1 fully saturated rings. The van der Waals surface area contributed by atoms with Gasteiger partial charge in [0.15, 0.2) is 0 Å². The summed E-state index contributed by atoms with van der Waals surface area (Å²) >= 11 is 0. The van der Waals surface area contributed by atoms with Crippen LogP contribution >= 0.6 is 0 Å².